The summed E-state index contributed by atoms with van der Waals surface area (Å²) in [5.74, 6) is 0.222. The van der Waals surface area contributed by atoms with Gasteiger partial charge in [0.1, 0.15) is 0 Å². The fraction of sp³-hybridized carbons (Fsp3) is 0.500. The lowest BCUT2D eigenvalue weighted by molar-refractivity contribution is -0.147. The van der Waals surface area contributed by atoms with E-state index in [1.165, 1.54) is 18.4 Å². The van der Waals surface area contributed by atoms with Crippen LogP contribution < -0.4 is 0 Å². The molecule has 3 rings (SSSR count). The van der Waals surface area contributed by atoms with Gasteiger partial charge in [-0.3, -0.25) is 9.48 Å². The second-order valence-electron chi connectivity index (χ2n) is 6.71. The van der Waals surface area contributed by atoms with Crippen molar-refractivity contribution >= 4 is 5.97 Å². The third kappa shape index (κ3) is 4.28. The number of carbonyl (C=O) groups is 1. The minimum atomic E-state index is -0.0933. The van der Waals surface area contributed by atoms with Gasteiger partial charge in [0.2, 0.25) is 0 Å². The van der Waals surface area contributed by atoms with Crippen molar-refractivity contribution in [1.82, 2.24) is 14.7 Å². The van der Waals surface area contributed by atoms with E-state index in [1.807, 2.05) is 16.9 Å². The molecule has 5 heteroatoms. The Morgan fingerprint density at radius 3 is 2.76 bits per heavy atom. The van der Waals surface area contributed by atoms with Crippen LogP contribution in [0, 0.1) is 5.92 Å². The number of esters is 1. The van der Waals surface area contributed by atoms with Crippen molar-refractivity contribution in [1.29, 1.82) is 0 Å². The molecule has 0 N–H and O–H groups in total. The highest BCUT2D eigenvalue weighted by Crippen LogP contribution is 2.31. The first kappa shape index (κ1) is 17.7. The smallest absolute Gasteiger partial charge is 0.309 e. The number of hydrogen-bond donors (Lipinski definition) is 0. The van der Waals surface area contributed by atoms with Crippen LogP contribution in [-0.2, 0) is 22.5 Å². The van der Waals surface area contributed by atoms with Crippen LogP contribution in [0.3, 0.4) is 0 Å². The number of aryl methyl sites for hydroxylation is 1. The number of benzene rings is 1. The van der Waals surface area contributed by atoms with Gasteiger partial charge in [0, 0.05) is 44.5 Å². The zero-order valence-corrected chi connectivity index (χ0v) is 15.1. The first-order valence-corrected chi connectivity index (χ1v) is 9.07. The van der Waals surface area contributed by atoms with Crippen LogP contribution in [0.25, 0.3) is 0 Å². The van der Waals surface area contributed by atoms with Crippen molar-refractivity contribution in [3.63, 3.8) is 0 Å². The number of hydrogen-bond acceptors (Lipinski definition) is 4. The van der Waals surface area contributed by atoms with Crippen molar-refractivity contribution < 1.29 is 9.53 Å². The van der Waals surface area contributed by atoms with E-state index in [2.05, 4.69) is 47.3 Å². The quantitative estimate of drug-likeness (QED) is 0.758. The molecule has 0 amide bonds. The first-order valence-electron chi connectivity index (χ1n) is 9.07. The summed E-state index contributed by atoms with van der Waals surface area (Å²) < 4.78 is 7.07. The van der Waals surface area contributed by atoms with Crippen LogP contribution >= 0.6 is 0 Å². The molecular weight excluding hydrogens is 314 g/mol. The maximum atomic E-state index is 12.2. The Balaban J connectivity index is 1.70. The molecule has 5 nitrogen and oxygen atoms in total. The number of likely N-dealkylation sites (tertiary alicyclic amines) is 1. The van der Waals surface area contributed by atoms with Gasteiger partial charge in [-0.2, -0.15) is 5.10 Å². The molecule has 1 aliphatic heterocycles. The van der Waals surface area contributed by atoms with Crippen LogP contribution in [-0.4, -0.2) is 47.4 Å². The first-order chi connectivity index (χ1) is 12.2. The zero-order chi connectivity index (χ0) is 17.6. The van der Waals surface area contributed by atoms with Crippen LogP contribution in [0.1, 0.15) is 30.5 Å². The maximum absolute atomic E-state index is 12.2. The summed E-state index contributed by atoms with van der Waals surface area (Å²) in [5, 5.41) is 4.34. The largest absolute Gasteiger partial charge is 0.469 e. The third-order valence-electron chi connectivity index (χ3n) is 5.12. The SMILES string of the molecule is CCn1nccc1CCN1C[C@H](C(=O)OC)C[C@H](c2ccccc2)C1. The molecule has 2 heterocycles. The number of rotatable bonds is 6. The fourth-order valence-electron chi connectivity index (χ4n) is 3.81. The molecule has 0 bridgehead atoms. The van der Waals surface area contributed by atoms with Gasteiger partial charge >= 0.3 is 5.97 Å². The molecule has 1 saturated heterocycles. The van der Waals surface area contributed by atoms with E-state index < -0.39 is 0 Å². The lowest BCUT2D eigenvalue weighted by Crippen LogP contribution is -2.43. The minimum Gasteiger partial charge on any atom is -0.469 e. The van der Waals surface area contributed by atoms with Gasteiger partial charge in [0.25, 0.3) is 0 Å². The fourth-order valence-corrected chi connectivity index (χ4v) is 3.81. The van der Waals surface area contributed by atoms with Gasteiger partial charge in [0.05, 0.1) is 13.0 Å². The molecule has 134 valence electrons. The maximum Gasteiger partial charge on any atom is 0.309 e. The van der Waals surface area contributed by atoms with Crippen LogP contribution in [0.5, 0.6) is 0 Å². The summed E-state index contributed by atoms with van der Waals surface area (Å²) in [7, 11) is 1.48. The number of piperidine rings is 1. The Kier molecular flexibility index (Phi) is 5.87. The Labute approximate surface area is 149 Å². The normalized spacial score (nSPS) is 21.2. The van der Waals surface area contributed by atoms with E-state index in [-0.39, 0.29) is 11.9 Å². The molecule has 1 aromatic carbocycles. The van der Waals surface area contributed by atoms with Gasteiger partial charge in [-0.1, -0.05) is 30.3 Å². The molecule has 2 atom stereocenters. The molecular formula is C20H27N3O2. The molecule has 25 heavy (non-hydrogen) atoms. The highest BCUT2D eigenvalue weighted by Gasteiger charge is 2.32. The second kappa shape index (κ2) is 8.30. The van der Waals surface area contributed by atoms with Gasteiger partial charge in [-0.05, 0) is 30.9 Å². The third-order valence-corrected chi connectivity index (χ3v) is 5.12. The second-order valence-corrected chi connectivity index (χ2v) is 6.71. The number of methoxy groups -OCH3 is 1. The summed E-state index contributed by atoms with van der Waals surface area (Å²) in [6, 6.07) is 12.6. The van der Waals surface area contributed by atoms with Crippen molar-refractivity contribution in [2.45, 2.75) is 32.2 Å². The van der Waals surface area contributed by atoms with E-state index in [1.54, 1.807) is 0 Å². The molecule has 0 spiro atoms. The predicted octanol–water partition coefficient (Wildman–Crippen LogP) is 2.72. The van der Waals surface area contributed by atoms with Crippen molar-refractivity contribution in [2.75, 3.05) is 26.7 Å². The number of carbonyl (C=O) groups excluding carboxylic acids is 1. The van der Waals surface area contributed by atoms with E-state index in [4.69, 9.17) is 4.74 Å². The molecule has 1 aliphatic rings. The van der Waals surface area contributed by atoms with Crippen LogP contribution in [0.15, 0.2) is 42.6 Å². The van der Waals surface area contributed by atoms with E-state index in [0.29, 0.717) is 5.92 Å². The van der Waals surface area contributed by atoms with Crippen molar-refractivity contribution in [2.24, 2.45) is 5.92 Å². The van der Waals surface area contributed by atoms with E-state index in [0.717, 1.165) is 39.0 Å². The Morgan fingerprint density at radius 1 is 1.24 bits per heavy atom. The van der Waals surface area contributed by atoms with Gasteiger partial charge in [-0.25, -0.2) is 0 Å². The van der Waals surface area contributed by atoms with E-state index in [9.17, 15) is 4.79 Å². The summed E-state index contributed by atoms with van der Waals surface area (Å²) in [6.45, 7) is 5.69. The predicted molar refractivity (Wildman–Crippen MR) is 97.4 cm³/mol. The number of nitrogens with zero attached hydrogens (tertiary/aromatic N) is 3. The Morgan fingerprint density at radius 2 is 2.04 bits per heavy atom. The standard InChI is InChI=1S/C20H27N3O2/c1-3-23-19(9-11-21-23)10-12-22-14-17(16-7-5-4-6-8-16)13-18(15-22)20(24)25-2/h4-9,11,17-18H,3,10,12-15H2,1-2H3/t17-,18+/m0/s1. The zero-order valence-electron chi connectivity index (χ0n) is 15.1. The van der Waals surface area contributed by atoms with E-state index >= 15 is 0 Å². The molecule has 1 fully saturated rings. The minimum absolute atomic E-state index is 0.0555. The highest BCUT2D eigenvalue weighted by atomic mass is 16.5. The lowest BCUT2D eigenvalue weighted by atomic mass is 9.84. The molecule has 0 saturated carbocycles. The topological polar surface area (TPSA) is 47.4 Å². The van der Waals surface area contributed by atoms with Gasteiger partial charge in [0.15, 0.2) is 0 Å². The van der Waals surface area contributed by atoms with Crippen LogP contribution in [0.4, 0.5) is 0 Å². The average molecular weight is 341 g/mol. The summed E-state index contributed by atoms with van der Waals surface area (Å²) in [5.41, 5.74) is 2.55. The Bertz CT molecular complexity index is 683. The number of ether oxygens (including phenoxy) is 1. The molecule has 0 unspecified atom stereocenters. The summed E-state index contributed by atoms with van der Waals surface area (Å²) >= 11 is 0. The highest BCUT2D eigenvalue weighted by molar-refractivity contribution is 5.72. The molecule has 0 aliphatic carbocycles. The average Bonchev–Trinajstić information content (AvgIpc) is 3.13. The lowest BCUT2D eigenvalue weighted by Gasteiger charge is -2.37. The summed E-state index contributed by atoms with van der Waals surface area (Å²) in [4.78, 5) is 14.6. The van der Waals surface area contributed by atoms with Gasteiger partial charge < -0.3 is 9.64 Å². The molecule has 0 radical (unpaired) electrons. The van der Waals surface area contributed by atoms with Crippen molar-refractivity contribution in [3.05, 3.63) is 53.9 Å². The van der Waals surface area contributed by atoms with Gasteiger partial charge in [-0.15, -0.1) is 0 Å². The summed E-state index contributed by atoms with van der Waals surface area (Å²) in [6.07, 6.45) is 3.67. The van der Waals surface area contributed by atoms with Crippen LogP contribution in [0.2, 0.25) is 0 Å². The monoisotopic (exact) mass is 341 g/mol. The molecule has 2 aromatic rings. The Hall–Kier alpha value is -2.14. The van der Waals surface area contributed by atoms with Crippen molar-refractivity contribution in [3.8, 4) is 0 Å². The molecule has 1 aromatic heterocycles. The number of aromatic nitrogens is 2.